The number of hydrogen-bond acceptors (Lipinski definition) is 3. The van der Waals surface area contributed by atoms with Crippen molar-refractivity contribution in [3.05, 3.63) is 17.8 Å². The standard InChI is InChI=1S/C12H18N2O2/c1-7(2)8(3)14-11(15)10-6-13-12(16-10)9-4-5-9/h6-9H,4-5H2,1-3H3,(H,14,15)/t8-/m1/s1. The van der Waals surface area contributed by atoms with Crippen LogP contribution in [0.4, 0.5) is 0 Å². The average Bonchev–Trinajstić information content (AvgIpc) is 2.96. The Bertz CT molecular complexity index is 380. The molecule has 1 heterocycles. The Kier molecular flexibility index (Phi) is 2.99. The molecule has 1 amide bonds. The van der Waals surface area contributed by atoms with Crippen molar-refractivity contribution < 1.29 is 9.21 Å². The van der Waals surface area contributed by atoms with Crippen molar-refractivity contribution in [2.45, 2.75) is 45.6 Å². The molecule has 1 aromatic rings. The van der Waals surface area contributed by atoms with E-state index in [4.69, 9.17) is 4.42 Å². The van der Waals surface area contributed by atoms with E-state index in [9.17, 15) is 4.79 Å². The van der Waals surface area contributed by atoms with E-state index in [1.54, 1.807) is 0 Å². The highest BCUT2D eigenvalue weighted by molar-refractivity contribution is 5.91. The monoisotopic (exact) mass is 222 g/mol. The SMILES string of the molecule is CC(C)[C@@H](C)NC(=O)c1cnc(C2CC2)o1. The molecule has 0 aromatic carbocycles. The average molecular weight is 222 g/mol. The summed E-state index contributed by atoms with van der Waals surface area (Å²) in [6.45, 7) is 6.13. The van der Waals surface area contributed by atoms with Crippen molar-refractivity contribution in [2.75, 3.05) is 0 Å². The van der Waals surface area contributed by atoms with Gasteiger partial charge in [0.1, 0.15) is 0 Å². The van der Waals surface area contributed by atoms with Crippen LogP contribution in [0.15, 0.2) is 10.6 Å². The van der Waals surface area contributed by atoms with Crippen LogP contribution < -0.4 is 5.32 Å². The molecule has 0 spiro atoms. The van der Waals surface area contributed by atoms with Gasteiger partial charge in [-0.1, -0.05) is 13.8 Å². The van der Waals surface area contributed by atoms with Gasteiger partial charge in [0.15, 0.2) is 5.89 Å². The largest absolute Gasteiger partial charge is 0.435 e. The molecule has 1 N–H and O–H groups in total. The third-order valence-corrected chi connectivity index (χ3v) is 3.03. The third kappa shape index (κ3) is 2.43. The molecule has 1 atom stereocenters. The van der Waals surface area contributed by atoms with Crippen LogP contribution in [0.25, 0.3) is 0 Å². The molecule has 16 heavy (non-hydrogen) atoms. The molecule has 0 aliphatic heterocycles. The first-order chi connectivity index (χ1) is 7.58. The molecule has 2 rings (SSSR count). The lowest BCUT2D eigenvalue weighted by atomic mass is 10.1. The van der Waals surface area contributed by atoms with E-state index >= 15 is 0 Å². The summed E-state index contributed by atoms with van der Waals surface area (Å²) in [5, 5.41) is 2.90. The van der Waals surface area contributed by atoms with Crippen LogP contribution in [-0.2, 0) is 0 Å². The summed E-state index contributed by atoms with van der Waals surface area (Å²) in [7, 11) is 0. The molecular formula is C12H18N2O2. The van der Waals surface area contributed by atoms with Crippen molar-refractivity contribution >= 4 is 5.91 Å². The predicted molar refractivity (Wildman–Crippen MR) is 60.2 cm³/mol. The van der Waals surface area contributed by atoms with Crippen LogP contribution in [0.1, 0.15) is 56.0 Å². The maximum atomic E-state index is 11.8. The first kappa shape index (κ1) is 11.2. The van der Waals surface area contributed by atoms with Crippen LogP contribution in [0.3, 0.4) is 0 Å². The number of amides is 1. The van der Waals surface area contributed by atoms with Gasteiger partial charge < -0.3 is 9.73 Å². The Morgan fingerprint density at radius 1 is 1.50 bits per heavy atom. The molecule has 1 fully saturated rings. The minimum atomic E-state index is -0.166. The van der Waals surface area contributed by atoms with Crippen LogP contribution >= 0.6 is 0 Å². The number of carbonyl (C=O) groups is 1. The van der Waals surface area contributed by atoms with Gasteiger partial charge in [-0.2, -0.15) is 0 Å². The summed E-state index contributed by atoms with van der Waals surface area (Å²) >= 11 is 0. The van der Waals surface area contributed by atoms with Crippen LogP contribution in [0.5, 0.6) is 0 Å². The van der Waals surface area contributed by atoms with Gasteiger partial charge in [0.05, 0.1) is 6.20 Å². The number of nitrogens with zero attached hydrogens (tertiary/aromatic N) is 1. The summed E-state index contributed by atoms with van der Waals surface area (Å²) < 4.78 is 5.43. The summed E-state index contributed by atoms with van der Waals surface area (Å²) in [5.74, 6) is 1.73. The topological polar surface area (TPSA) is 55.1 Å². The zero-order valence-electron chi connectivity index (χ0n) is 9.99. The van der Waals surface area contributed by atoms with E-state index < -0.39 is 0 Å². The molecule has 4 nitrogen and oxygen atoms in total. The van der Waals surface area contributed by atoms with Crippen molar-refractivity contribution in [1.29, 1.82) is 0 Å². The zero-order chi connectivity index (χ0) is 11.7. The molecule has 0 saturated heterocycles. The molecular weight excluding hydrogens is 204 g/mol. The molecule has 1 saturated carbocycles. The fourth-order valence-corrected chi connectivity index (χ4v) is 1.36. The summed E-state index contributed by atoms with van der Waals surface area (Å²) in [6.07, 6.45) is 3.78. The summed E-state index contributed by atoms with van der Waals surface area (Å²) in [5.41, 5.74) is 0. The van der Waals surface area contributed by atoms with Crippen LogP contribution in [0, 0.1) is 5.92 Å². The Morgan fingerprint density at radius 2 is 2.19 bits per heavy atom. The number of carbonyl (C=O) groups excluding carboxylic acids is 1. The smallest absolute Gasteiger partial charge is 0.288 e. The number of aromatic nitrogens is 1. The molecule has 0 unspecified atom stereocenters. The second-order valence-electron chi connectivity index (χ2n) is 4.84. The van der Waals surface area contributed by atoms with E-state index in [0.29, 0.717) is 23.5 Å². The van der Waals surface area contributed by atoms with Crippen molar-refractivity contribution in [1.82, 2.24) is 10.3 Å². The Morgan fingerprint density at radius 3 is 2.75 bits per heavy atom. The van der Waals surface area contributed by atoms with Gasteiger partial charge in [-0.3, -0.25) is 4.79 Å². The summed E-state index contributed by atoms with van der Waals surface area (Å²) in [4.78, 5) is 15.9. The highest BCUT2D eigenvalue weighted by atomic mass is 16.4. The van der Waals surface area contributed by atoms with Gasteiger partial charge >= 0.3 is 0 Å². The maximum absolute atomic E-state index is 11.8. The highest BCUT2D eigenvalue weighted by Gasteiger charge is 2.29. The van der Waals surface area contributed by atoms with Crippen molar-refractivity contribution in [2.24, 2.45) is 5.92 Å². The highest BCUT2D eigenvalue weighted by Crippen LogP contribution is 2.39. The molecule has 0 radical (unpaired) electrons. The number of hydrogen-bond donors (Lipinski definition) is 1. The number of nitrogens with one attached hydrogen (secondary N) is 1. The maximum Gasteiger partial charge on any atom is 0.288 e. The van der Waals surface area contributed by atoms with Crippen LogP contribution in [0.2, 0.25) is 0 Å². The molecule has 1 aromatic heterocycles. The molecule has 0 bridgehead atoms. The van der Waals surface area contributed by atoms with Crippen LogP contribution in [-0.4, -0.2) is 16.9 Å². The lowest BCUT2D eigenvalue weighted by Gasteiger charge is -2.16. The molecule has 1 aliphatic carbocycles. The normalized spacial score (nSPS) is 17.5. The van der Waals surface area contributed by atoms with E-state index in [-0.39, 0.29) is 11.9 Å². The quantitative estimate of drug-likeness (QED) is 0.850. The van der Waals surface area contributed by atoms with Gasteiger partial charge in [-0.05, 0) is 25.7 Å². The van der Waals surface area contributed by atoms with E-state index in [1.165, 1.54) is 6.20 Å². The molecule has 88 valence electrons. The third-order valence-electron chi connectivity index (χ3n) is 3.03. The predicted octanol–water partition coefficient (Wildman–Crippen LogP) is 2.33. The minimum absolute atomic E-state index is 0.141. The van der Waals surface area contributed by atoms with Crippen molar-refractivity contribution in [3.8, 4) is 0 Å². The lowest BCUT2D eigenvalue weighted by molar-refractivity contribution is 0.0900. The van der Waals surface area contributed by atoms with E-state index in [2.05, 4.69) is 24.1 Å². The molecule has 4 heteroatoms. The number of rotatable bonds is 4. The van der Waals surface area contributed by atoms with E-state index in [0.717, 1.165) is 12.8 Å². The second kappa shape index (κ2) is 4.28. The first-order valence-corrected chi connectivity index (χ1v) is 5.84. The number of oxazole rings is 1. The van der Waals surface area contributed by atoms with Gasteiger partial charge in [-0.15, -0.1) is 0 Å². The Balaban J connectivity index is 1.97. The zero-order valence-corrected chi connectivity index (χ0v) is 9.99. The van der Waals surface area contributed by atoms with Crippen molar-refractivity contribution in [3.63, 3.8) is 0 Å². The second-order valence-corrected chi connectivity index (χ2v) is 4.84. The Labute approximate surface area is 95.4 Å². The minimum Gasteiger partial charge on any atom is -0.435 e. The lowest BCUT2D eigenvalue weighted by Crippen LogP contribution is -2.35. The molecule has 1 aliphatic rings. The van der Waals surface area contributed by atoms with Gasteiger partial charge in [0.25, 0.3) is 5.91 Å². The Hall–Kier alpha value is -1.32. The van der Waals surface area contributed by atoms with Gasteiger partial charge in [-0.25, -0.2) is 4.98 Å². The van der Waals surface area contributed by atoms with Gasteiger partial charge in [0.2, 0.25) is 5.76 Å². The fourth-order valence-electron chi connectivity index (χ4n) is 1.36. The van der Waals surface area contributed by atoms with Gasteiger partial charge in [0, 0.05) is 12.0 Å². The summed E-state index contributed by atoms with van der Waals surface area (Å²) in [6, 6.07) is 0.141. The van der Waals surface area contributed by atoms with E-state index in [1.807, 2.05) is 6.92 Å². The first-order valence-electron chi connectivity index (χ1n) is 5.84. The fraction of sp³-hybridized carbons (Fsp3) is 0.667.